The van der Waals surface area contributed by atoms with Crippen LogP contribution in [-0.2, 0) is 0 Å². The summed E-state index contributed by atoms with van der Waals surface area (Å²) < 4.78 is 10.7. The first-order chi connectivity index (χ1) is 8.06. The largest absolute Gasteiger partial charge is 0.497 e. The van der Waals surface area contributed by atoms with Crippen molar-refractivity contribution in [2.45, 2.75) is 25.8 Å². The van der Waals surface area contributed by atoms with Crippen molar-refractivity contribution in [3.63, 3.8) is 0 Å². The molecular weight excluding hydrogens is 214 g/mol. The molecule has 1 aromatic rings. The number of benzene rings is 1. The molecule has 0 amide bonds. The Morgan fingerprint density at radius 1 is 1.18 bits per heavy atom. The van der Waals surface area contributed by atoms with Gasteiger partial charge < -0.3 is 14.8 Å². The van der Waals surface area contributed by atoms with Crippen molar-refractivity contribution in [2.75, 3.05) is 21.3 Å². The zero-order valence-electron chi connectivity index (χ0n) is 11.2. The van der Waals surface area contributed by atoms with E-state index in [1.54, 1.807) is 14.2 Å². The second kappa shape index (κ2) is 4.22. The first-order valence-electron chi connectivity index (χ1n) is 5.95. The lowest BCUT2D eigenvalue weighted by molar-refractivity contribution is 0.390. The SMILES string of the molecule is CNC1C(c2ccc(OC)cc2OC)C1(C)C. The highest BCUT2D eigenvalue weighted by atomic mass is 16.5. The van der Waals surface area contributed by atoms with E-state index in [0.29, 0.717) is 12.0 Å². The summed E-state index contributed by atoms with van der Waals surface area (Å²) in [6.45, 7) is 4.56. The van der Waals surface area contributed by atoms with Crippen LogP contribution in [-0.4, -0.2) is 27.3 Å². The van der Waals surface area contributed by atoms with Crippen molar-refractivity contribution in [1.82, 2.24) is 5.32 Å². The Kier molecular flexibility index (Phi) is 3.04. The Hall–Kier alpha value is -1.22. The van der Waals surface area contributed by atoms with E-state index in [1.807, 2.05) is 19.2 Å². The van der Waals surface area contributed by atoms with Crippen molar-refractivity contribution >= 4 is 0 Å². The lowest BCUT2D eigenvalue weighted by atomic mass is 10.0. The molecule has 0 spiro atoms. The molecule has 94 valence electrons. The number of hydrogen-bond donors (Lipinski definition) is 1. The van der Waals surface area contributed by atoms with Gasteiger partial charge in [0.15, 0.2) is 0 Å². The first-order valence-corrected chi connectivity index (χ1v) is 5.95. The normalized spacial score (nSPS) is 25.5. The summed E-state index contributed by atoms with van der Waals surface area (Å²) in [6, 6.07) is 6.58. The average molecular weight is 235 g/mol. The maximum atomic E-state index is 5.47. The van der Waals surface area contributed by atoms with Crippen LogP contribution in [0.15, 0.2) is 18.2 Å². The van der Waals surface area contributed by atoms with E-state index in [9.17, 15) is 0 Å². The van der Waals surface area contributed by atoms with Gasteiger partial charge in [0.1, 0.15) is 11.5 Å². The van der Waals surface area contributed by atoms with Crippen molar-refractivity contribution in [3.05, 3.63) is 23.8 Å². The molecule has 0 radical (unpaired) electrons. The van der Waals surface area contributed by atoms with Gasteiger partial charge in [-0.1, -0.05) is 19.9 Å². The molecule has 0 saturated heterocycles. The van der Waals surface area contributed by atoms with Crippen LogP contribution in [0.3, 0.4) is 0 Å². The quantitative estimate of drug-likeness (QED) is 0.869. The number of hydrogen-bond acceptors (Lipinski definition) is 3. The molecule has 0 aromatic heterocycles. The molecule has 2 unspecified atom stereocenters. The van der Waals surface area contributed by atoms with Gasteiger partial charge in [-0.15, -0.1) is 0 Å². The zero-order valence-corrected chi connectivity index (χ0v) is 11.2. The van der Waals surface area contributed by atoms with Crippen LogP contribution in [0.1, 0.15) is 25.3 Å². The molecule has 0 heterocycles. The third-order valence-corrected chi connectivity index (χ3v) is 3.91. The molecule has 1 saturated carbocycles. The highest BCUT2D eigenvalue weighted by Crippen LogP contribution is 2.60. The molecule has 17 heavy (non-hydrogen) atoms. The fraction of sp³-hybridized carbons (Fsp3) is 0.571. The van der Waals surface area contributed by atoms with E-state index in [4.69, 9.17) is 9.47 Å². The molecule has 0 aliphatic heterocycles. The Morgan fingerprint density at radius 3 is 2.35 bits per heavy atom. The van der Waals surface area contributed by atoms with Crippen LogP contribution >= 0.6 is 0 Å². The standard InChI is InChI=1S/C14H21NO2/c1-14(2)12(13(14)15-3)10-7-6-9(16-4)8-11(10)17-5/h6-8,12-13,15H,1-5H3. The Balaban J connectivity index is 2.34. The Bertz CT molecular complexity index is 415. The summed E-state index contributed by atoms with van der Waals surface area (Å²) in [7, 11) is 5.40. The molecule has 3 nitrogen and oxygen atoms in total. The minimum Gasteiger partial charge on any atom is -0.497 e. The smallest absolute Gasteiger partial charge is 0.126 e. The number of nitrogens with one attached hydrogen (secondary N) is 1. The van der Waals surface area contributed by atoms with Crippen LogP contribution < -0.4 is 14.8 Å². The summed E-state index contributed by atoms with van der Waals surface area (Å²) >= 11 is 0. The van der Waals surface area contributed by atoms with Crippen molar-refractivity contribution < 1.29 is 9.47 Å². The first kappa shape index (κ1) is 12.2. The van der Waals surface area contributed by atoms with Gasteiger partial charge >= 0.3 is 0 Å². The number of rotatable bonds is 4. The summed E-state index contributed by atoms with van der Waals surface area (Å²) in [5.74, 6) is 2.26. The summed E-state index contributed by atoms with van der Waals surface area (Å²) in [5.41, 5.74) is 1.55. The lowest BCUT2D eigenvalue weighted by Gasteiger charge is -2.11. The Morgan fingerprint density at radius 2 is 1.88 bits per heavy atom. The summed E-state index contributed by atoms with van der Waals surface area (Å²) in [5, 5.41) is 3.37. The second-order valence-corrected chi connectivity index (χ2v) is 5.17. The predicted molar refractivity (Wildman–Crippen MR) is 68.9 cm³/mol. The highest BCUT2D eigenvalue weighted by Gasteiger charge is 2.58. The molecule has 1 aliphatic carbocycles. The number of likely N-dealkylation sites (N-methyl/N-ethyl adjacent to an activating group) is 1. The van der Waals surface area contributed by atoms with Crippen LogP contribution in [0.25, 0.3) is 0 Å². The van der Waals surface area contributed by atoms with E-state index in [-0.39, 0.29) is 5.41 Å². The molecule has 1 N–H and O–H groups in total. The van der Waals surface area contributed by atoms with Gasteiger partial charge in [-0.3, -0.25) is 0 Å². The van der Waals surface area contributed by atoms with Gasteiger partial charge in [-0.05, 0) is 24.1 Å². The third kappa shape index (κ3) is 1.89. The molecule has 1 aromatic carbocycles. The van der Waals surface area contributed by atoms with Gasteiger partial charge in [-0.2, -0.15) is 0 Å². The molecule has 2 rings (SSSR count). The molecule has 1 aliphatic rings. The van der Waals surface area contributed by atoms with E-state index in [0.717, 1.165) is 11.5 Å². The van der Waals surface area contributed by atoms with Gasteiger partial charge in [0, 0.05) is 18.0 Å². The fourth-order valence-electron chi connectivity index (χ4n) is 2.83. The van der Waals surface area contributed by atoms with Gasteiger partial charge in [0.05, 0.1) is 14.2 Å². The van der Waals surface area contributed by atoms with Gasteiger partial charge in [0.25, 0.3) is 0 Å². The van der Waals surface area contributed by atoms with Gasteiger partial charge in [0.2, 0.25) is 0 Å². The fourth-order valence-corrected chi connectivity index (χ4v) is 2.83. The zero-order chi connectivity index (χ0) is 12.6. The van der Waals surface area contributed by atoms with Gasteiger partial charge in [-0.25, -0.2) is 0 Å². The third-order valence-electron chi connectivity index (χ3n) is 3.91. The van der Waals surface area contributed by atoms with Crippen LogP contribution in [0, 0.1) is 5.41 Å². The molecule has 3 heteroatoms. The minimum atomic E-state index is 0.288. The Labute approximate surface area is 103 Å². The number of ether oxygens (including phenoxy) is 2. The molecular formula is C14H21NO2. The van der Waals surface area contributed by atoms with Crippen molar-refractivity contribution in [3.8, 4) is 11.5 Å². The monoisotopic (exact) mass is 235 g/mol. The van der Waals surface area contributed by atoms with E-state index in [1.165, 1.54) is 5.56 Å². The minimum absolute atomic E-state index is 0.288. The summed E-state index contributed by atoms with van der Waals surface area (Å²) in [4.78, 5) is 0. The topological polar surface area (TPSA) is 30.5 Å². The van der Waals surface area contributed by atoms with Crippen LogP contribution in [0.5, 0.6) is 11.5 Å². The average Bonchev–Trinajstić information content (AvgIpc) is 2.89. The van der Waals surface area contributed by atoms with E-state index in [2.05, 4.69) is 25.2 Å². The van der Waals surface area contributed by atoms with Crippen LogP contribution in [0.2, 0.25) is 0 Å². The van der Waals surface area contributed by atoms with Crippen molar-refractivity contribution in [1.29, 1.82) is 0 Å². The second-order valence-electron chi connectivity index (χ2n) is 5.17. The maximum absolute atomic E-state index is 5.47. The summed E-state index contributed by atoms with van der Waals surface area (Å²) in [6.07, 6.45) is 0. The number of methoxy groups -OCH3 is 2. The highest BCUT2D eigenvalue weighted by molar-refractivity contribution is 5.48. The maximum Gasteiger partial charge on any atom is 0.126 e. The lowest BCUT2D eigenvalue weighted by Crippen LogP contribution is -2.14. The molecule has 2 atom stereocenters. The van der Waals surface area contributed by atoms with E-state index < -0.39 is 0 Å². The molecule has 1 fully saturated rings. The van der Waals surface area contributed by atoms with Crippen LogP contribution in [0.4, 0.5) is 0 Å². The van der Waals surface area contributed by atoms with Crippen molar-refractivity contribution in [2.24, 2.45) is 5.41 Å². The van der Waals surface area contributed by atoms with E-state index >= 15 is 0 Å². The molecule has 0 bridgehead atoms. The predicted octanol–water partition coefficient (Wildman–Crippen LogP) is 2.42.